The van der Waals surface area contributed by atoms with Gasteiger partial charge < -0.3 is 24.9 Å². The summed E-state index contributed by atoms with van der Waals surface area (Å²) in [6, 6.07) is 145. The molecule has 8 heteroatoms. The Morgan fingerprint density at radius 3 is 0.667 bits per heavy atom. The van der Waals surface area contributed by atoms with Gasteiger partial charge in [0.2, 0.25) is 0 Å². The maximum absolute atomic E-state index is 5.11. The summed E-state index contributed by atoms with van der Waals surface area (Å²) in [5.74, 6) is 0. The van der Waals surface area contributed by atoms with Crippen molar-refractivity contribution in [3.63, 3.8) is 0 Å². The van der Waals surface area contributed by atoms with E-state index in [0.717, 1.165) is 207 Å². The average Bonchev–Trinajstić information content (AvgIpc) is 0.770. The molecule has 0 bridgehead atoms. The molecule has 0 aliphatic carbocycles. The fourth-order valence-corrected chi connectivity index (χ4v) is 15.6. The maximum atomic E-state index is 5.11. The van der Waals surface area contributed by atoms with Gasteiger partial charge in [0.1, 0.15) is 0 Å². The van der Waals surface area contributed by atoms with E-state index in [9.17, 15) is 0 Å². The second kappa shape index (κ2) is 34.4. The molecule has 5 aromatic heterocycles. The molecule has 0 atom stereocenters. The van der Waals surface area contributed by atoms with E-state index in [1.165, 1.54) is 0 Å². The molecule has 19 aromatic rings. The Labute approximate surface area is 709 Å². The summed E-state index contributed by atoms with van der Waals surface area (Å²) < 4.78 is 0. The minimum Gasteiger partial charge on any atom is -0.304 e. The number of aryl methyl sites for hydroxylation is 1. The zero-order valence-electron chi connectivity index (χ0n) is 63.5. The fourth-order valence-electron chi connectivity index (χ4n) is 15.6. The second-order valence-electron chi connectivity index (χ2n) is 28.5. The van der Waals surface area contributed by atoms with Crippen LogP contribution in [0.3, 0.4) is 0 Å². The normalized spacial score (nSPS) is 11.0. The number of aromatic nitrogens is 6. The number of benzene rings is 14. The van der Waals surface area contributed by atoms with Crippen molar-refractivity contribution in [1.29, 1.82) is 0 Å². The van der Waals surface area contributed by atoms with E-state index in [1.54, 1.807) is 0 Å². The van der Waals surface area contributed by atoms with Gasteiger partial charge in [0.15, 0.2) is 0 Å². The van der Waals surface area contributed by atoms with Crippen LogP contribution in [0.5, 0.6) is 0 Å². The number of rotatable bonds is 18. The Kier molecular flexibility index (Phi) is 22.3. The monoisotopic (exact) mass is 1850 g/mol. The van der Waals surface area contributed by atoms with Crippen molar-refractivity contribution < 1.29 is 40.2 Å². The van der Waals surface area contributed by atoms with Crippen LogP contribution in [0.15, 0.2) is 401 Å². The molecular weight excluding hydrogens is 1780 g/mol. The molecule has 0 aliphatic heterocycles. The number of hydrogen-bond donors (Lipinski definition) is 0. The van der Waals surface area contributed by atoms with Gasteiger partial charge in [-0.15, -0.1) is 173 Å². The summed E-state index contributed by atoms with van der Waals surface area (Å²) in [5.41, 5.74) is 37.5. The van der Waals surface area contributed by atoms with Crippen LogP contribution in [0.4, 0.5) is 0 Å². The largest absolute Gasteiger partial charge is 3.00 e. The Morgan fingerprint density at radius 2 is 0.419 bits per heavy atom. The SMILES string of the molecule is Cc1cc(-c2ccccc2-c2cc(-c3ccccc3-c3ccc(-c4[c-]cccc4)nc3)cc(-c3ccccc3-c3ccc(-c4[c-]cccc4)nc3)c2)ccc1-c1cnc(-c2[c-]cc(-c3ccccc3-c3cc(-c4ccccc4-c4ccc(-c5[c-]cccc5)nc4)cc(-c4ccccc4-c4ccc(-c5[c-]cccc5)nc4)c3)cc2)cn1.[Ir+3].[Ir]. The molecule has 0 unspecified atom stereocenters. The van der Waals surface area contributed by atoms with Gasteiger partial charge in [-0.1, -0.05) is 223 Å². The Balaban J connectivity index is 0.00000491. The van der Waals surface area contributed by atoms with E-state index in [-0.39, 0.29) is 40.2 Å². The molecule has 19 rings (SSSR count). The Bertz CT molecular complexity index is 6420. The predicted molar refractivity (Wildman–Crippen MR) is 470 cm³/mol. The van der Waals surface area contributed by atoms with Gasteiger partial charge in [0.05, 0.1) is 5.69 Å². The van der Waals surface area contributed by atoms with Gasteiger partial charge in [0, 0.05) is 68.5 Å². The molecular formula is C109H69Ir2N6-2. The van der Waals surface area contributed by atoms with Gasteiger partial charge in [-0.2, -0.15) is 0 Å². The molecule has 117 heavy (non-hydrogen) atoms. The maximum Gasteiger partial charge on any atom is 3.00 e. The zero-order valence-corrected chi connectivity index (χ0v) is 68.2. The topological polar surface area (TPSA) is 77.3 Å². The molecule has 14 aromatic carbocycles. The molecule has 0 N–H and O–H groups in total. The van der Waals surface area contributed by atoms with Gasteiger partial charge in [-0.05, 0) is 194 Å². The van der Waals surface area contributed by atoms with E-state index in [2.05, 4.69) is 304 Å². The molecule has 0 saturated heterocycles. The number of nitrogens with zero attached hydrogens (tertiary/aromatic N) is 6. The molecule has 555 valence electrons. The zero-order chi connectivity index (χ0) is 76.8. The van der Waals surface area contributed by atoms with Crippen molar-refractivity contribution in [3.8, 4) is 201 Å². The first-order chi connectivity index (χ1) is 56.9. The van der Waals surface area contributed by atoms with Crippen molar-refractivity contribution in [2.75, 3.05) is 0 Å². The van der Waals surface area contributed by atoms with Crippen LogP contribution >= 0.6 is 0 Å². The Morgan fingerprint density at radius 1 is 0.179 bits per heavy atom. The third-order valence-electron chi connectivity index (χ3n) is 21.4. The van der Waals surface area contributed by atoms with E-state index in [0.29, 0.717) is 0 Å². The summed E-state index contributed by atoms with van der Waals surface area (Å²) in [6.45, 7) is 2.16. The van der Waals surface area contributed by atoms with E-state index >= 15 is 0 Å². The standard InChI is InChI=1S/C109H69N6.2Ir/c1-73-60-80(93-35-15-21-41-99(93)86-63-89(102-44-24-18-38-96(102)83-53-58-106(112-69-83)77-30-10-4-11-31-77)66-90(64-86)103-45-25-19-39-97(103)84-54-59-107(113-70-84)78-32-12-5-13-33-78)50-55-91(73)109-72-114-108(71-115-109)79-48-46-74(47-49-79)92-34-14-20-40-98(92)85-61-87(100-42-22-16-36-94(100)81-51-56-104(110-67-81)75-26-6-2-7-27-75)65-88(62-85)101-43-23-17-37-95(101)82-52-57-105(111-68-82)76-28-8-3-9-29-76;;/h2-26,28,30,32,34-48,50-72H,1H3;;/q-5;;+3. The number of pyridine rings is 4. The molecule has 0 spiro atoms. The second-order valence-corrected chi connectivity index (χ2v) is 28.5. The first-order valence-corrected chi connectivity index (χ1v) is 38.5. The summed E-state index contributed by atoms with van der Waals surface area (Å²) in [5, 5.41) is 0. The van der Waals surface area contributed by atoms with Crippen molar-refractivity contribution in [2.45, 2.75) is 6.92 Å². The van der Waals surface area contributed by atoms with Gasteiger partial charge in [-0.25, -0.2) is 0 Å². The van der Waals surface area contributed by atoms with E-state index in [4.69, 9.17) is 29.9 Å². The summed E-state index contributed by atoms with van der Waals surface area (Å²) in [4.78, 5) is 30.0. The molecule has 0 amide bonds. The van der Waals surface area contributed by atoms with E-state index in [1.807, 2.05) is 134 Å². The Hall–Kier alpha value is -13.9. The summed E-state index contributed by atoms with van der Waals surface area (Å²) in [7, 11) is 0. The summed E-state index contributed by atoms with van der Waals surface area (Å²) in [6.07, 6.45) is 11.7. The van der Waals surface area contributed by atoms with Crippen LogP contribution in [0.2, 0.25) is 0 Å². The van der Waals surface area contributed by atoms with Crippen LogP contribution in [0.1, 0.15) is 5.56 Å². The minimum absolute atomic E-state index is 0. The van der Waals surface area contributed by atoms with Crippen molar-refractivity contribution >= 4 is 0 Å². The summed E-state index contributed by atoms with van der Waals surface area (Å²) >= 11 is 0. The molecule has 0 saturated carbocycles. The predicted octanol–water partition coefficient (Wildman–Crippen LogP) is 27.4. The van der Waals surface area contributed by atoms with Gasteiger partial charge >= 0.3 is 20.1 Å². The third-order valence-corrected chi connectivity index (χ3v) is 21.4. The molecule has 0 fully saturated rings. The van der Waals surface area contributed by atoms with Crippen molar-refractivity contribution in [1.82, 2.24) is 29.9 Å². The van der Waals surface area contributed by atoms with Crippen LogP contribution in [0, 0.1) is 37.3 Å². The number of hydrogen-bond acceptors (Lipinski definition) is 6. The fraction of sp³-hybridized carbons (Fsp3) is 0.00917. The van der Waals surface area contributed by atoms with Crippen molar-refractivity contribution in [2.24, 2.45) is 0 Å². The van der Waals surface area contributed by atoms with Crippen LogP contribution in [0.25, 0.3) is 201 Å². The molecule has 5 heterocycles. The first kappa shape index (κ1) is 75.7. The smallest absolute Gasteiger partial charge is 0.304 e. The van der Waals surface area contributed by atoms with Crippen LogP contribution in [-0.4, -0.2) is 29.9 Å². The first-order valence-electron chi connectivity index (χ1n) is 38.5. The molecule has 1 radical (unpaired) electrons. The van der Waals surface area contributed by atoms with Crippen molar-refractivity contribution in [3.05, 3.63) is 437 Å². The average molecular weight is 1850 g/mol. The molecule has 0 aliphatic rings. The van der Waals surface area contributed by atoms with Crippen LogP contribution in [-0.2, 0) is 40.2 Å². The minimum atomic E-state index is 0. The van der Waals surface area contributed by atoms with Gasteiger partial charge in [-0.3, -0.25) is 4.98 Å². The molecule has 6 nitrogen and oxygen atoms in total. The third kappa shape index (κ3) is 16.0. The quantitative estimate of drug-likeness (QED) is 0.0797. The van der Waals surface area contributed by atoms with Crippen LogP contribution < -0.4 is 0 Å². The van der Waals surface area contributed by atoms with Gasteiger partial charge in [0.25, 0.3) is 0 Å². The van der Waals surface area contributed by atoms with E-state index < -0.39 is 0 Å².